The van der Waals surface area contributed by atoms with Crippen molar-refractivity contribution in [1.82, 2.24) is 19.7 Å². The summed E-state index contributed by atoms with van der Waals surface area (Å²) in [5.74, 6) is 0.0281. The first kappa shape index (κ1) is 22.9. The average molecular weight is 415 g/mol. The lowest BCUT2D eigenvalue weighted by molar-refractivity contribution is -0.138. The third-order valence-corrected chi connectivity index (χ3v) is 4.87. The van der Waals surface area contributed by atoms with Crippen molar-refractivity contribution in [3.8, 4) is 0 Å². The molecule has 1 aromatic rings. The Balaban J connectivity index is 1.97. The molecule has 2 heterocycles. The molecule has 1 fully saturated rings. The van der Waals surface area contributed by atoms with E-state index in [4.69, 9.17) is 0 Å². The predicted octanol–water partition coefficient (Wildman–Crippen LogP) is 1.77. The summed E-state index contributed by atoms with van der Waals surface area (Å²) >= 11 is 0. The first-order valence-corrected chi connectivity index (χ1v) is 9.50. The van der Waals surface area contributed by atoms with Crippen molar-refractivity contribution in [2.45, 2.75) is 26.1 Å². The van der Waals surface area contributed by atoms with Crippen molar-refractivity contribution in [2.75, 3.05) is 52.1 Å². The molecule has 1 N–H and O–H groups in total. The Morgan fingerprint density at radius 1 is 1.17 bits per heavy atom. The summed E-state index contributed by atoms with van der Waals surface area (Å²) in [6.07, 6.45) is -3.70. The number of hydrogen-bond donors (Lipinski definition) is 1. The smallest absolute Gasteiger partial charge is 0.358 e. The molecule has 1 saturated heterocycles. The van der Waals surface area contributed by atoms with Crippen molar-refractivity contribution >= 4 is 17.6 Å². The maximum atomic E-state index is 13.0. The maximum Gasteiger partial charge on any atom is 0.417 e. The Hall–Kier alpha value is -2.36. The van der Waals surface area contributed by atoms with E-state index in [2.05, 4.69) is 10.3 Å². The van der Waals surface area contributed by atoms with Gasteiger partial charge in [0.05, 0.1) is 12.1 Å². The molecule has 0 radical (unpaired) electrons. The fourth-order valence-electron chi connectivity index (χ4n) is 2.98. The summed E-state index contributed by atoms with van der Waals surface area (Å²) in [6, 6.07) is 1.57. The highest BCUT2D eigenvalue weighted by Crippen LogP contribution is 2.29. The Morgan fingerprint density at radius 2 is 1.79 bits per heavy atom. The molecule has 162 valence electrons. The van der Waals surface area contributed by atoms with E-state index in [0.717, 1.165) is 12.3 Å². The minimum absolute atomic E-state index is 0.0138. The number of halogens is 3. The van der Waals surface area contributed by atoms with Crippen LogP contribution in [0, 0.1) is 5.92 Å². The van der Waals surface area contributed by atoms with Crippen LogP contribution in [0.3, 0.4) is 0 Å². The van der Waals surface area contributed by atoms with Gasteiger partial charge in [-0.15, -0.1) is 0 Å². The van der Waals surface area contributed by atoms with Gasteiger partial charge in [0.1, 0.15) is 11.9 Å². The fourth-order valence-corrected chi connectivity index (χ4v) is 2.98. The largest absolute Gasteiger partial charge is 0.417 e. The zero-order chi connectivity index (χ0) is 21.8. The monoisotopic (exact) mass is 415 g/mol. The topological polar surface area (TPSA) is 68.8 Å². The van der Waals surface area contributed by atoms with Crippen molar-refractivity contribution in [1.29, 1.82) is 0 Å². The van der Waals surface area contributed by atoms with E-state index >= 15 is 0 Å². The van der Waals surface area contributed by atoms with Gasteiger partial charge in [-0.25, -0.2) is 4.98 Å². The van der Waals surface area contributed by atoms with E-state index in [-0.39, 0.29) is 23.6 Å². The quantitative estimate of drug-likeness (QED) is 0.767. The minimum atomic E-state index is -4.45. The van der Waals surface area contributed by atoms with Crippen LogP contribution in [-0.2, 0) is 15.8 Å². The van der Waals surface area contributed by atoms with Crippen LogP contribution in [-0.4, -0.2) is 84.4 Å². The molecule has 0 aliphatic carbocycles. The van der Waals surface area contributed by atoms with Crippen molar-refractivity contribution in [3.05, 3.63) is 23.9 Å². The highest BCUT2D eigenvalue weighted by atomic mass is 19.4. The number of nitrogens with one attached hydrogen (secondary N) is 1. The summed E-state index contributed by atoms with van der Waals surface area (Å²) in [7, 11) is 3.41. The molecule has 0 aromatic carbocycles. The molecule has 2 amide bonds. The van der Waals surface area contributed by atoms with Crippen LogP contribution in [0.2, 0.25) is 0 Å². The van der Waals surface area contributed by atoms with E-state index in [1.807, 2.05) is 18.7 Å². The number of carbonyl (C=O) groups excluding carboxylic acids is 2. The van der Waals surface area contributed by atoms with Crippen LogP contribution in [0.1, 0.15) is 19.4 Å². The van der Waals surface area contributed by atoms with Gasteiger partial charge in [0.25, 0.3) is 0 Å². The molecule has 0 spiro atoms. The molecule has 1 aromatic heterocycles. The summed E-state index contributed by atoms with van der Waals surface area (Å²) in [5.41, 5.74) is -0.834. The van der Waals surface area contributed by atoms with Gasteiger partial charge in [-0.1, -0.05) is 13.8 Å². The van der Waals surface area contributed by atoms with Crippen LogP contribution in [0.5, 0.6) is 0 Å². The summed E-state index contributed by atoms with van der Waals surface area (Å²) in [4.78, 5) is 33.9. The number of alkyl halides is 3. The average Bonchev–Trinajstić information content (AvgIpc) is 2.65. The van der Waals surface area contributed by atoms with Gasteiger partial charge in [-0.2, -0.15) is 13.2 Å². The van der Waals surface area contributed by atoms with Gasteiger partial charge in [0.15, 0.2) is 0 Å². The predicted molar refractivity (Wildman–Crippen MR) is 103 cm³/mol. The summed E-state index contributed by atoms with van der Waals surface area (Å²) in [5, 5.41) is 2.97. The minimum Gasteiger partial charge on any atom is -0.358 e. The van der Waals surface area contributed by atoms with Crippen LogP contribution >= 0.6 is 0 Å². The third-order valence-electron chi connectivity index (χ3n) is 4.87. The lowest BCUT2D eigenvalue weighted by atomic mass is 10.0. The molecule has 0 bridgehead atoms. The Labute approximate surface area is 168 Å². The summed E-state index contributed by atoms with van der Waals surface area (Å²) < 4.78 is 38.1. The lowest BCUT2D eigenvalue weighted by Crippen LogP contribution is -2.55. The zero-order valence-corrected chi connectivity index (χ0v) is 17.2. The first-order chi connectivity index (χ1) is 13.5. The zero-order valence-electron chi connectivity index (χ0n) is 17.2. The Bertz CT molecular complexity index is 699. The number of carbonyl (C=O) groups is 2. The lowest BCUT2D eigenvalue weighted by Gasteiger charge is -2.37. The van der Waals surface area contributed by atoms with Gasteiger partial charge >= 0.3 is 6.18 Å². The van der Waals surface area contributed by atoms with Gasteiger partial charge < -0.3 is 15.1 Å². The molecule has 2 rings (SSSR count). The molecule has 1 unspecified atom stereocenters. The molecule has 1 aliphatic rings. The number of anilines is 1. The van der Waals surface area contributed by atoms with E-state index in [9.17, 15) is 22.8 Å². The number of hydrogen-bond acceptors (Lipinski definition) is 5. The van der Waals surface area contributed by atoms with Gasteiger partial charge in [-0.05, 0) is 18.1 Å². The van der Waals surface area contributed by atoms with Crippen molar-refractivity contribution in [2.24, 2.45) is 5.92 Å². The van der Waals surface area contributed by atoms with Gasteiger partial charge in [-0.3, -0.25) is 14.5 Å². The second-order valence-corrected chi connectivity index (χ2v) is 7.69. The van der Waals surface area contributed by atoms with Crippen LogP contribution < -0.4 is 5.32 Å². The van der Waals surface area contributed by atoms with Crippen molar-refractivity contribution in [3.63, 3.8) is 0 Å². The van der Waals surface area contributed by atoms with Crippen LogP contribution in [0.4, 0.5) is 19.0 Å². The molecule has 29 heavy (non-hydrogen) atoms. The number of likely N-dealkylation sites (N-methyl/N-ethyl adjacent to an activating group) is 1. The second-order valence-electron chi connectivity index (χ2n) is 7.69. The fraction of sp³-hybridized carbons (Fsp3) is 0.632. The number of amides is 2. The van der Waals surface area contributed by atoms with Gasteiger partial charge in [0, 0.05) is 46.5 Å². The van der Waals surface area contributed by atoms with Crippen LogP contribution in [0.15, 0.2) is 18.3 Å². The number of nitrogens with zero attached hydrogens (tertiary/aromatic N) is 4. The summed E-state index contributed by atoms with van der Waals surface area (Å²) in [6.45, 7) is 6.22. The van der Waals surface area contributed by atoms with Crippen LogP contribution in [0.25, 0.3) is 0 Å². The molecular weight excluding hydrogens is 387 g/mol. The number of piperazine rings is 1. The third kappa shape index (κ3) is 6.31. The highest BCUT2D eigenvalue weighted by molar-refractivity contribution is 5.85. The number of rotatable bonds is 6. The Kier molecular flexibility index (Phi) is 7.45. The van der Waals surface area contributed by atoms with E-state index in [1.54, 1.807) is 19.0 Å². The van der Waals surface area contributed by atoms with Crippen molar-refractivity contribution < 1.29 is 22.8 Å². The Morgan fingerprint density at radius 3 is 2.24 bits per heavy atom. The number of aromatic nitrogens is 1. The van der Waals surface area contributed by atoms with E-state index < -0.39 is 17.8 Å². The first-order valence-electron chi connectivity index (χ1n) is 9.50. The molecular formula is C19H28F3N5O2. The molecule has 0 saturated carbocycles. The van der Waals surface area contributed by atoms with Gasteiger partial charge in [0.2, 0.25) is 11.8 Å². The molecule has 1 aliphatic heterocycles. The molecule has 7 nitrogen and oxygen atoms in total. The number of pyridine rings is 1. The second kappa shape index (κ2) is 9.43. The SMILES string of the molecule is CC(C)C(Nc1ccc(C(F)(F)F)cn1)C(=O)N1CCN(CC(=O)N(C)C)CC1. The van der Waals surface area contributed by atoms with E-state index in [1.165, 1.54) is 11.0 Å². The standard InChI is InChI=1S/C19H28F3N5O2/c1-13(2)17(24-15-6-5-14(11-23-15)19(20,21)22)18(29)27-9-7-26(8-10-27)12-16(28)25(3)4/h5-6,11,13,17H,7-10,12H2,1-4H3,(H,23,24). The van der Waals surface area contributed by atoms with E-state index in [0.29, 0.717) is 32.7 Å². The normalized spacial score (nSPS) is 16.6. The molecule has 1 atom stereocenters. The molecule has 10 heteroatoms. The highest BCUT2D eigenvalue weighted by Gasteiger charge is 2.32. The maximum absolute atomic E-state index is 13.0.